The van der Waals surface area contributed by atoms with E-state index in [1.54, 1.807) is 18.3 Å². The second-order valence-electron chi connectivity index (χ2n) is 3.72. The smallest absolute Gasteiger partial charge is 0.183 e. The van der Waals surface area contributed by atoms with Crippen molar-refractivity contribution in [3.8, 4) is 0 Å². The molecule has 3 rings (SSSR count). The van der Waals surface area contributed by atoms with Crippen LogP contribution in [0.3, 0.4) is 0 Å². The highest BCUT2D eigenvalue weighted by Gasteiger charge is 2.20. The van der Waals surface area contributed by atoms with Crippen molar-refractivity contribution >= 4 is 5.65 Å². The van der Waals surface area contributed by atoms with Crippen LogP contribution in [0, 0.1) is 0 Å². The number of imidazole rings is 1. The van der Waals surface area contributed by atoms with Gasteiger partial charge in [-0.15, -0.1) is 0 Å². The largest absolute Gasteiger partial charge is 0.343 e. The lowest BCUT2D eigenvalue weighted by atomic mass is 10.0. The van der Waals surface area contributed by atoms with Crippen LogP contribution in [-0.4, -0.2) is 22.5 Å². The molecule has 2 N–H and O–H groups in total. The lowest BCUT2D eigenvalue weighted by molar-refractivity contribution is 0.441. The van der Waals surface area contributed by atoms with Crippen molar-refractivity contribution in [2.75, 3.05) is 13.1 Å². The summed E-state index contributed by atoms with van der Waals surface area (Å²) in [5, 5.41) is 3.22. The molecular weight excluding hydrogens is 178 g/mol. The van der Waals surface area contributed by atoms with E-state index in [0.717, 1.165) is 18.7 Å². The Hall–Kier alpha value is -1.55. The minimum Gasteiger partial charge on any atom is -0.343 e. The van der Waals surface area contributed by atoms with Crippen molar-refractivity contribution in [3.63, 3.8) is 0 Å². The van der Waals surface area contributed by atoms with Gasteiger partial charge in [0.15, 0.2) is 5.43 Å². The molecule has 0 radical (unpaired) electrons. The van der Waals surface area contributed by atoms with Crippen LogP contribution in [0.4, 0.5) is 0 Å². The molecule has 0 bridgehead atoms. The molecule has 3 heterocycles. The summed E-state index contributed by atoms with van der Waals surface area (Å²) in [6.45, 7) is 2.05. The first-order valence-corrected chi connectivity index (χ1v) is 4.74. The second-order valence-corrected chi connectivity index (χ2v) is 3.72. The Morgan fingerprint density at radius 2 is 2.29 bits per heavy atom. The number of rotatable bonds is 1. The average molecular weight is 189 g/mol. The summed E-state index contributed by atoms with van der Waals surface area (Å²) in [6, 6.07) is 3.19. The fraction of sp³-hybridized carbons (Fsp3) is 0.300. The number of nitrogens with one attached hydrogen (secondary N) is 2. The summed E-state index contributed by atoms with van der Waals surface area (Å²) < 4.78 is 1.95. The molecule has 1 fully saturated rings. The minimum absolute atomic E-state index is 0.0464. The predicted octanol–water partition coefficient (Wildman–Crippen LogP) is 0.314. The van der Waals surface area contributed by atoms with Gasteiger partial charge in [0.05, 0.1) is 0 Å². The molecule has 0 amide bonds. The van der Waals surface area contributed by atoms with E-state index in [4.69, 9.17) is 0 Å². The van der Waals surface area contributed by atoms with Gasteiger partial charge < -0.3 is 14.7 Å². The third-order valence-corrected chi connectivity index (χ3v) is 2.73. The van der Waals surface area contributed by atoms with E-state index in [2.05, 4.69) is 16.5 Å². The average Bonchev–Trinajstić information content (AvgIpc) is 2.43. The van der Waals surface area contributed by atoms with Gasteiger partial charge in [0.2, 0.25) is 0 Å². The molecule has 0 aliphatic carbocycles. The molecule has 0 unspecified atom stereocenters. The first-order valence-electron chi connectivity index (χ1n) is 4.74. The number of aromatic nitrogens is 2. The van der Waals surface area contributed by atoms with Gasteiger partial charge in [-0.1, -0.05) is 0 Å². The van der Waals surface area contributed by atoms with E-state index in [0.29, 0.717) is 5.92 Å². The van der Waals surface area contributed by atoms with Crippen LogP contribution < -0.4 is 10.7 Å². The first kappa shape index (κ1) is 7.82. The Bertz CT molecular complexity index is 521. The maximum Gasteiger partial charge on any atom is 0.183 e. The molecule has 1 aliphatic rings. The van der Waals surface area contributed by atoms with Crippen molar-refractivity contribution in [1.29, 1.82) is 0 Å². The van der Waals surface area contributed by atoms with Gasteiger partial charge in [0, 0.05) is 49.2 Å². The lowest BCUT2D eigenvalue weighted by Crippen LogP contribution is -2.40. The Kier molecular flexibility index (Phi) is 1.52. The molecule has 0 atom stereocenters. The quantitative estimate of drug-likeness (QED) is 0.678. The third kappa shape index (κ3) is 1.08. The molecule has 14 heavy (non-hydrogen) atoms. The summed E-state index contributed by atoms with van der Waals surface area (Å²) in [7, 11) is 0. The van der Waals surface area contributed by atoms with Crippen LogP contribution in [0.1, 0.15) is 11.6 Å². The molecule has 0 spiro atoms. The van der Waals surface area contributed by atoms with Crippen LogP contribution in [0.5, 0.6) is 0 Å². The third-order valence-electron chi connectivity index (χ3n) is 2.73. The fourth-order valence-corrected chi connectivity index (χ4v) is 1.75. The molecule has 2 aromatic heterocycles. The summed E-state index contributed by atoms with van der Waals surface area (Å²) >= 11 is 0. The Labute approximate surface area is 80.6 Å². The van der Waals surface area contributed by atoms with E-state index >= 15 is 0 Å². The summed E-state index contributed by atoms with van der Waals surface area (Å²) in [5.41, 5.74) is 2.12. The minimum atomic E-state index is 0.0464. The fourth-order valence-electron chi connectivity index (χ4n) is 1.75. The van der Waals surface area contributed by atoms with Gasteiger partial charge in [0.25, 0.3) is 0 Å². The van der Waals surface area contributed by atoms with Crippen LogP contribution >= 0.6 is 0 Å². The van der Waals surface area contributed by atoms with Crippen LogP contribution in [0.2, 0.25) is 0 Å². The maximum absolute atomic E-state index is 11.1. The highest BCUT2D eigenvalue weighted by Crippen LogP contribution is 2.18. The topological polar surface area (TPSA) is 49.3 Å². The molecule has 0 aromatic carbocycles. The number of pyridine rings is 1. The molecule has 4 nitrogen and oxygen atoms in total. The Balaban J connectivity index is 2.14. The predicted molar refractivity (Wildman–Crippen MR) is 53.6 cm³/mol. The van der Waals surface area contributed by atoms with Crippen LogP contribution in [0.25, 0.3) is 5.65 Å². The number of nitrogens with zero attached hydrogens (tertiary/aromatic N) is 1. The van der Waals surface area contributed by atoms with Crippen molar-refractivity contribution in [2.45, 2.75) is 5.92 Å². The summed E-state index contributed by atoms with van der Waals surface area (Å²) in [5.74, 6) is 0.574. The molecular formula is C10H11N3O. The molecule has 1 saturated heterocycles. The highest BCUT2D eigenvalue weighted by atomic mass is 16.1. The molecule has 4 heteroatoms. The van der Waals surface area contributed by atoms with Gasteiger partial charge in [-0.05, 0) is 0 Å². The number of hydrogen-bond acceptors (Lipinski definition) is 2. The SMILES string of the molecule is O=c1ccn2cc(C3CNC3)[nH]c2c1. The van der Waals surface area contributed by atoms with E-state index in [-0.39, 0.29) is 5.43 Å². The van der Waals surface area contributed by atoms with Crippen molar-refractivity contribution < 1.29 is 0 Å². The number of hydrogen-bond donors (Lipinski definition) is 2. The normalized spacial score (nSPS) is 17.1. The van der Waals surface area contributed by atoms with E-state index in [1.807, 2.05) is 4.40 Å². The molecule has 0 saturated carbocycles. The van der Waals surface area contributed by atoms with Crippen LogP contribution in [0.15, 0.2) is 29.3 Å². The van der Waals surface area contributed by atoms with Crippen molar-refractivity contribution in [1.82, 2.24) is 14.7 Å². The van der Waals surface area contributed by atoms with Gasteiger partial charge in [-0.2, -0.15) is 0 Å². The molecule has 2 aromatic rings. The monoisotopic (exact) mass is 189 g/mol. The highest BCUT2D eigenvalue weighted by molar-refractivity contribution is 5.40. The van der Waals surface area contributed by atoms with E-state index < -0.39 is 0 Å². The van der Waals surface area contributed by atoms with Gasteiger partial charge in [0.1, 0.15) is 5.65 Å². The Morgan fingerprint density at radius 1 is 1.43 bits per heavy atom. The van der Waals surface area contributed by atoms with Gasteiger partial charge in [-0.25, -0.2) is 0 Å². The van der Waals surface area contributed by atoms with Gasteiger partial charge in [-0.3, -0.25) is 4.79 Å². The van der Waals surface area contributed by atoms with Crippen molar-refractivity contribution in [2.24, 2.45) is 0 Å². The number of H-pyrrole nitrogens is 1. The Morgan fingerprint density at radius 3 is 3.00 bits per heavy atom. The summed E-state index contributed by atoms with van der Waals surface area (Å²) in [6.07, 6.45) is 3.85. The standard InChI is InChI=1S/C10H11N3O/c14-8-1-2-13-6-9(7-4-11-5-7)12-10(13)3-8/h1-3,6-7,11-12H,4-5H2. The zero-order valence-electron chi connectivity index (χ0n) is 7.66. The van der Waals surface area contributed by atoms with E-state index in [1.165, 1.54) is 5.69 Å². The number of aromatic amines is 1. The number of fused-ring (bicyclic) bond motifs is 1. The maximum atomic E-state index is 11.1. The second kappa shape index (κ2) is 2.72. The van der Waals surface area contributed by atoms with Gasteiger partial charge >= 0.3 is 0 Å². The van der Waals surface area contributed by atoms with Crippen molar-refractivity contribution in [3.05, 3.63) is 40.4 Å². The first-order chi connectivity index (χ1) is 6.83. The summed E-state index contributed by atoms with van der Waals surface area (Å²) in [4.78, 5) is 14.4. The van der Waals surface area contributed by atoms with E-state index in [9.17, 15) is 4.79 Å². The zero-order valence-corrected chi connectivity index (χ0v) is 7.66. The molecule has 72 valence electrons. The molecule has 1 aliphatic heterocycles. The zero-order chi connectivity index (χ0) is 9.54. The van der Waals surface area contributed by atoms with Crippen LogP contribution in [-0.2, 0) is 0 Å². The lowest BCUT2D eigenvalue weighted by Gasteiger charge is -2.25.